The summed E-state index contributed by atoms with van der Waals surface area (Å²) in [5.74, 6) is -0.632. The number of carbonyl (C=O) groups excluding carboxylic acids is 1. The van der Waals surface area contributed by atoms with Gasteiger partial charge in [0.1, 0.15) is 6.20 Å². The van der Waals surface area contributed by atoms with Crippen molar-refractivity contribution in [3.63, 3.8) is 0 Å². The molecule has 1 atom stereocenters. The average molecular weight is 313 g/mol. The fraction of sp³-hybridized carbons (Fsp3) is 0.250. The molecule has 0 N–H and O–H groups in total. The van der Waals surface area contributed by atoms with Crippen LogP contribution in [0.4, 0.5) is 11.5 Å². The minimum atomic E-state index is -0.843. The van der Waals surface area contributed by atoms with Crippen molar-refractivity contribution in [2.45, 2.75) is 19.4 Å². The summed E-state index contributed by atoms with van der Waals surface area (Å²) in [6, 6.07) is 10.7. The first-order valence-electron chi connectivity index (χ1n) is 7.23. The van der Waals surface area contributed by atoms with Crippen molar-refractivity contribution in [2.75, 3.05) is 11.4 Å². The van der Waals surface area contributed by atoms with Crippen molar-refractivity contribution in [2.24, 2.45) is 0 Å². The number of hydrogen-bond acceptors (Lipinski definition) is 5. The summed E-state index contributed by atoms with van der Waals surface area (Å²) in [7, 11) is 0. The normalized spacial score (nSPS) is 14.2. The first kappa shape index (κ1) is 15.0. The molecule has 1 aromatic carbocycles. The van der Waals surface area contributed by atoms with Crippen molar-refractivity contribution in [3.05, 3.63) is 58.3 Å². The number of pyridine rings is 1. The number of amides is 1. The first-order chi connectivity index (χ1) is 11.1. The molecule has 118 valence electrons. The van der Waals surface area contributed by atoms with E-state index in [1.807, 2.05) is 24.3 Å². The Kier molecular flexibility index (Phi) is 3.92. The van der Waals surface area contributed by atoms with Gasteiger partial charge in [0, 0.05) is 12.2 Å². The summed E-state index contributed by atoms with van der Waals surface area (Å²) in [4.78, 5) is 28.3. The van der Waals surface area contributed by atoms with E-state index in [9.17, 15) is 14.9 Å². The number of benzene rings is 1. The van der Waals surface area contributed by atoms with E-state index in [0.29, 0.717) is 6.54 Å². The molecule has 0 radical (unpaired) electrons. The van der Waals surface area contributed by atoms with Crippen molar-refractivity contribution >= 4 is 17.4 Å². The maximum atomic E-state index is 12.6. The van der Waals surface area contributed by atoms with E-state index < -0.39 is 16.8 Å². The van der Waals surface area contributed by atoms with Gasteiger partial charge >= 0.3 is 5.82 Å². The van der Waals surface area contributed by atoms with Crippen LogP contribution in [0.2, 0.25) is 0 Å². The quantitative estimate of drug-likeness (QED) is 0.639. The molecular weight excluding hydrogens is 298 g/mol. The highest BCUT2D eigenvalue weighted by Gasteiger charge is 2.30. The molecule has 0 bridgehead atoms. The highest BCUT2D eigenvalue weighted by Crippen LogP contribution is 2.29. The van der Waals surface area contributed by atoms with E-state index in [2.05, 4.69) is 4.98 Å². The second-order valence-electron chi connectivity index (χ2n) is 5.21. The van der Waals surface area contributed by atoms with Crippen LogP contribution in [-0.4, -0.2) is 28.5 Å². The number of fused-ring (bicyclic) bond motifs is 1. The van der Waals surface area contributed by atoms with Gasteiger partial charge < -0.3 is 19.8 Å². The highest BCUT2D eigenvalue weighted by atomic mass is 16.6. The molecule has 0 spiro atoms. The highest BCUT2D eigenvalue weighted by molar-refractivity contribution is 5.98. The summed E-state index contributed by atoms with van der Waals surface area (Å²) in [6.07, 6.45) is 1.26. The first-order valence-corrected chi connectivity index (χ1v) is 7.23. The molecule has 0 fully saturated rings. The van der Waals surface area contributed by atoms with Crippen LogP contribution < -0.4 is 9.64 Å². The van der Waals surface area contributed by atoms with Gasteiger partial charge in [-0.15, -0.1) is 0 Å². The fourth-order valence-electron chi connectivity index (χ4n) is 2.64. The van der Waals surface area contributed by atoms with Crippen molar-refractivity contribution in [1.82, 2.24) is 4.98 Å². The smallest absolute Gasteiger partial charge is 0.406 e. The van der Waals surface area contributed by atoms with E-state index in [1.165, 1.54) is 18.3 Å². The SMILES string of the molecule is C[C@H](Oc1cccnc1[N+](=O)[O-])C(=O)N1CCc2ccccc21. The van der Waals surface area contributed by atoms with Gasteiger partial charge in [0.2, 0.25) is 5.75 Å². The Bertz CT molecular complexity index is 762. The summed E-state index contributed by atoms with van der Waals surface area (Å²) in [5, 5.41) is 11.0. The third-order valence-corrected chi connectivity index (χ3v) is 3.73. The van der Waals surface area contributed by atoms with Crippen molar-refractivity contribution < 1.29 is 14.5 Å². The van der Waals surface area contributed by atoms with Gasteiger partial charge in [-0.25, -0.2) is 0 Å². The number of para-hydroxylation sites is 1. The lowest BCUT2D eigenvalue weighted by Crippen LogP contribution is -2.39. The monoisotopic (exact) mass is 313 g/mol. The summed E-state index contributed by atoms with van der Waals surface area (Å²) < 4.78 is 5.50. The van der Waals surface area contributed by atoms with Crippen LogP contribution >= 0.6 is 0 Å². The molecule has 1 aliphatic rings. The summed E-state index contributed by atoms with van der Waals surface area (Å²) in [6.45, 7) is 2.17. The van der Waals surface area contributed by atoms with Gasteiger partial charge in [-0.2, -0.15) is 0 Å². The Labute approximate surface area is 132 Å². The average Bonchev–Trinajstić information content (AvgIpc) is 2.98. The van der Waals surface area contributed by atoms with Crippen LogP contribution in [-0.2, 0) is 11.2 Å². The Morgan fingerprint density at radius 2 is 2.13 bits per heavy atom. The second kappa shape index (κ2) is 6.04. The van der Waals surface area contributed by atoms with Crippen LogP contribution in [0.3, 0.4) is 0 Å². The molecule has 23 heavy (non-hydrogen) atoms. The Balaban J connectivity index is 1.78. The van der Waals surface area contributed by atoms with E-state index >= 15 is 0 Å². The Morgan fingerprint density at radius 3 is 2.91 bits per heavy atom. The van der Waals surface area contributed by atoms with Gasteiger partial charge in [0.05, 0.1) is 0 Å². The number of aromatic nitrogens is 1. The number of anilines is 1. The molecule has 0 saturated carbocycles. The number of nitro groups is 1. The molecule has 1 aromatic heterocycles. The van der Waals surface area contributed by atoms with Crippen molar-refractivity contribution in [1.29, 1.82) is 0 Å². The van der Waals surface area contributed by atoms with Gasteiger partial charge in [-0.05, 0) is 47.0 Å². The standard InChI is InChI=1S/C16H15N3O4/c1-11(23-14-7-4-9-17-15(14)19(21)22)16(20)18-10-8-12-5-2-3-6-13(12)18/h2-7,9,11H,8,10H2,1H3/t11-/m0/s1. The maximum Gasteiger partial charge on any atom is 0.406 e. The number of rotatable bonds is 4. The molecule has 7 heteroatoms. The van der Waals surface area contributed by atoms with E-state index in [4.69, 9.17) is 4.74 Å². The number of carbonyl (C=O) groups is 1. The predicted molar refractivity (Wildman–Crippen MR) is 83.5 cm³/mol. The molecular formula is C16H15N3O4. The summed E-state index contributed by atoms with van der Waals surface area (Å²) in [5.41, 5.74) is 1.98. The van der Waals surface area contributed by atoms with Crippen molar-refractivity contribution in [3.8, 4) is 5.75 Å². The summed E-state index contributed by atoms with van der Waals surface area (Å²) >= 11 is 0. The third kappa shape index (κ3) is 2.85. The zero-order valence-electron chi connectivity index (χ0n) is 12.5. The van der Waals surface area contributed by atoms with Crippen LogP contribution in [0, 0.1) is 10.1 Å². The molecule has 3 rings (SSSR count). The molecule has 2 aromatic rings. The topological polar surface area (TPSA) is 85.6 Å². The van der Waals surface area contributed by atoms with Crippen LogP contribution in [0.25, 0.3) is 0 Å². The lowest BCUT2D eigenvalue weighted by molar-refractivity contribution is -0.390. The molecule has 1 aliphatic heterocycles. The minimum Gasteiger partial charge on any atom is -0.473 e. The molecule has 1 amide bonds. The zero-order chi connectivity index (χ0) is 16.4. The Morgan fingerprint density at radius 1 is 1.35 bits per heavy atom. The van der Waals surface area contributed by atoms with Gasteiger partial charge in [0.25, 0.3) is 5.91 Å². The lowest BCUT2D eigenvalue weighted by Gasteiger charge is -2.22. The van der Waals surface area contributed by atoms with Crippen LogP contribution in [0.15, 0.2) is 42.6 Å². The molecule has 0 saturated heterocycles. The van der Waals surface area contributed by atoms with E-state index in [-0.39, 0.29) is 11.7 Å². The number of hydrogen-bond donors (Lipinski definition) is 0. The molecule has 0 unspecified atom stereocenters. The third-order valence-electron chi connectivity index (χ3n) is 3.73. The van der Waals surface area contributed by atoms with E-state index in [0.717, 1.165) is 17.7 Å². The lowest BCUT2D eigenvalue weighted by atomic mass is 10.2. The van der Waals surface area contributed by atoms with Gasteiger partial charge in [-0.1, -0.05) is 18.2 Å². The fourth-order valence-corrected chi connectivity index (χ4v) is 2.64. The maximum absolute atomic E-state index is 12.6. The number of ether oxygens (including phenoxy) is 1. The largest absolute Gasteiger partial charge is 0.473 e. The molecule has 0 aliphatic carbocycles. The van der Waals surface area contributed by atoms with Crippen LogP contribution in [0.5, 0.6) is 5.75 Å². The second-order valence-corrected chi connectivity index (χ2v) is 5.21. The molecule has 2 heterocycles. The van der Waals surface area contributed by atoms with Gasteiger partial charge in [0.15, 0.2) is 6.10 Å². The molecule has 7 nitrogen and oxygen atoms in total. The number of nitrogens with zero attached hydrogens (tertiary/aromatic N) is 3. The zero-order valence-corrected chi connectivity index (χ0v) is 12.5. The Hall–Kier alpha value is -2.96. The predicted octanol–water partition coefficient (Wildman–Crippen LogP) is 2.35. The van der Waals surface area contributed by atoms with E-state index in [1.54, 1.807) is 11.8 Å². The van der Waals surface area contributed by atoms with Gasteiger partial charge in [-0.3, -0.25) is 4.79 Å². The minimum absolute atomic E-state index is 0.00849. The van der Waals surface area contributed by atoms with Crippen LogP contribution in [0.1, 0.15) is 12.5 Å².